The van der Waals surface area contributed by atoms with E-state index in [0.29, 0.717) is 67.0 Å². The lowest BCUT2D eigenvalue weighted by atomic mass is 10.1. The maximum Gasteiger partial charge on any atom is 0.253 e. The van der Waals surface area contributed by atoms with Crippen LogP contribution >= 0.6 is 0 Å². The van der Waals surface area contributed by atoms with Crippen molar-refractivity contribution in [1.29, 1.82) is 0 Å². The largest absolute Gasteiger partial charge is 0.379 e. The Morgan fingerprint density at radius 2 is 0.983 bits per heavy atom. The van der Waals surface area contributed by atoms with E-state index in [-0.39, 0.29) is 0 Å². The molecule has 2 saturated heterocycles. The molecular weight excluding hydrogens is 813 g/mol. The number of nitrogens with one attached hydrogen (secondary N) is 4. The van der Waals surface area contributed by atoms with Gasteiger partial charge in [0.1, 0.15) is 5.82 Å². The van der Waals surface area contributed by atoms with Crippen LogP contribution in [-0.4, -0.2) is 116 Å². The van der Waals surface area contributed by atoms with Gasteiger partial charge in [0.25, 0.3) is 20.0 Å². The first-order valence-electron chi connectivity index (χ1n) is 20.3. The van der Waals surface area contributed by atoms with E-state index in [0.717, 1.165) is 68.6 Å². The molecule has 0 unspecified atom stereocenters. The summed E-state index contributed by atoms with van der Waals surface area (Å²) in [6, 6.07) is 21.3. The summed E-state index contributed by atoms with van der Waals surface area (Å²) in [5, 5.41) is 3.45. The summed E-state index contributed by atoms with van der Waals surface area (Å²) in [4.78, 5) is 15.4. The van der Waals surface area contributed by atoms with Gasteiger partial charge in [-0.2, -0.15) is 0 Å². The average Bonchev–Trinajstić information content (AvgIpc) is 3.74. The van der Waals surface area contributed by atoms with Crippen molar-refractivity contribution in [2.24, 2.45) is 0 Å². The molecule has 3 heterocycles. The van der Waals surface area contributed by atoms with Crippen LogP contribution in [0, 0.1) is 0 Å². The first kappa shape index (κ1) is 48.1. The number of morpholine rings is 1. The normalized spacial score (nSPS) is 15.8. The fraction of sp³-hybridized carbons (Fsp3) is 0.488. The number of piperazine rings is 1. The number of rotatable bonds is 17. The van der Waals surface area contributed by atoms with E-state index in [2.05, 4.69) is 50.0 Å². The van der Waals surface area contributed by atoms with E-state index in [1.807, 2.05) is 43.4 Å². The number of ether oxygens (including phenoxy) is 1. The minimum Gasteiger partial charge on any atom is -0.379 e. The maximum atomic E-state index is 12.3. The van der Waals surface area contributed by atoms with E-state index in [1.165, 1.54) is 5.56 Å². The fourth-order valence-corrected chi connectivity index (χ4v) is 9.47. The van der Waals surface area contributed by atoms with Gasteiger partial charge in [0.05, 0.1) is 27.9 Å². The third kappa shape index (κ3) is 16.4. The summed E-state index contributed by atoms with van der Waals surface area (Å²) in [6.45, 7) is 12.1. The van der Waals surface area contributed by atoms with Gasteiger partial charge in [0.2, 0.25) is 10.0 Å². The van der Waals surface area contributed by atoms with Crippen LogP contribution in [0.15, 0.2) is 99.9 Å². The predicted octanol–water partition coefficient (Wildman–Crippen LogP) is 4.13. The molecule has 6 rings (SSSR count). The Morgan fingerprint density at radius 3 is 1.37 bits per heavy atom. The van der Waals surface area contributed by atoms with Gasteiger partial charge in [0.15, 0.2) is 0 Å². The summed E-state index contributed by atoms with van der Waals surface area (Å²) in [6.07, 6.45) is 9.99. The second-order valence-electron chi connectivity index (χ2n) is 14.4. The highest BCUT2D eigenvalue weighted by Crippen LogP contribution is 2.15. The molecule has 4 N–H and O–H groups in total. The summed E-state index contributed by atoms with van der Waals surface area (Å²) in [5.41, 5.74) is 3.49. The van der Waals surface area contributed by atoms with Crippen LogP contribution in [0.25, 0.3) is 0 Å². The third-order valence-electron chi connectivity index (χ3n) is 9.54. The number of hydrogen-bond acceptors (Lipinski definition) is 11. The topological polar surface area (TPSA) is 186 Å². The summed E-state index contributed by atoms with van der Waals surface area (Å²) in [7, 11) is -8.32. The number of hydrogen-bond donors (Lipinski definition) is 4. The Hall–Kier alpha value is -3.56. The number of aryl methyl sites for hydroxylation is 3. The number of likely N-dealkylation sites (N-methyl/N-ethyl adjacent to an activating group) is 1. The molecule has 0 spiro atoms. The zero-order chi connectivity index (χ0) is 42.7. The van der Waals surface area contributed by atoms with E-state index >= 15 is 0 Å². The number of sulfonamides is 3. The van der Waals surface area contributed by atoms with Gasteiger partial charge in [-0.15, -0.1) is 9.66 Å². The zero-order valence-corrected chi connectivity index (χ0v) is 37.2. The average molecular weight is 875 g/mol. The number of benzene rings is 3. The van der Waals surface area contributed by atoms with Crippen LogP contribution < -0.4 is 14.4 Å². The number of H-pyrrole nitrogens is 1. The molecule has 1 aromatic heterocycles. The SMILES string of the molecule is CCCc1ccc(S(=O)(=O)NCCc2ncc[nH]2)cc1.CCCc1ccc(S(=O)(=O)NN2CCN(C)CC2)cc1.CCCc1ccc(S(=O)(=O)NN2CCOCC2)cc1. The van der Waals surface area contributed by atoms with E-state index in [4.69, 9.17) is 4.74 Å². The smallest absolute Gasteiger partial charge is 0.253 e. The van der Waals surface area contributed by atoms with Gasteiger partial charge in [-0.1, -0.05) is 76.4 Å². The quantitative estimate of drug-likeness (QED) is 0.120. The molecule has 18 heteroatoms. The van der Waals surface area contributed by atoms with Crippen LogP contribution in [0.1, 0.15) is 62.5 Å². The summed E-state index contributed by atoms with van der Waals surface area (Å²) < 4.78 is 80.9. The second kappa shape index (κ2) is 24.0. The van der Waals surface area contributed by atoms with Gasteiger partial charge in [-0.3, -0.25) is 0 Å². The Kier molecular flexibility index (Phi) is 19.6. The lowest BCUT2D eigenvalue weighted by molar-refractivity contribution is 0.0272. The Labute approximate surface area is 352 Å². The molecule has 0 saturated carbocycles. The standard InChI is InChI=1S/C14H23N3O2S.C14H19N3O2S.C13H20N2O3S/c1-3-4-13-5-7-14(8-6-13)20(18,19)15-17-11-9-16(2)10-12-17;1-2-3-12-4-6-13(7-5-12)20(18,19)17-9-8-14-15-10-11-16-14;1-2-3-12-4-6-13(7-5-12)19(16,17)14-15-8-10-18-11-9-15/h5-8,15H,3-4,9-12H2,1-2H3;4-7,10-11,17H,2-3,8-9H2,1H3,(H,15,16);4-7,14H,2-3,8-11H2,1H3. The van der Waals surface area contributed by atoms with Crippen LogP contribution in [0.4, 0.5) is 0 Å². The highest BCUT2D eigenvalue weighted by molar-refractivity contribution is 7.90. The number of aromatic nitrogens is 2. The van der Waals surface area contributed by atoms with Crippen molar-refractivity contribution in [3.8, 4) is 0 Å². The van der Waals surface area contributed by atoms with E-state index in [9.17, 15) is 25.3 Å². The number of hydrazine groups is 2. The Bertz CT molecular complexity index is 2120. The summed E-state index contributed by atoms with van der Waals surface area (Å²) >= 11 is 0. The first-order valence-corrected chi connectivity index (χ1v) is 24.8. The van der Waals surface area contributed by atoms with Crippen molar-refractivity contribution in [2.75, 3.05) is 66.1 Å². The van der Waals surface area contributed by atoms with Gasteiger partial charge in [-0.05, 0) is 79.4 Å². The molecular formula is C41H62N8O7S3. The minimum atomic E-state index is -3.47. The first-order chi connectivity index (χ1) is 28.2. The lowest BCUT2D eigenvalue weighted by Gasteiger charge is -2.32. The molecule has 0 radical (unpaired) electrons. The van der Waals surface area contributed by atoms with Gasteiger partial charge < -0.3 is 14.6 Å². The van der Waals surface area contributed by atoms with E-state index in [1.54, 1.807) is 58.8 Å². The molecule has 0 atom stereocenters. The highest BCUT2D eigenvalue weighted by Gasteiger charge is 2.22. The molecule has 0 aliphatic carbocycles. The van der Waals surface area contributed by atoms with Gasteiger partial charge >= 0.3 is 0 Å². The third-order valence-corrected chi connectivity index (χ3v) is 13.8. The van der Waals surface area contributed by atoms with Crippen LogP contribution in [0.5, 0.6) is 0 Å². The van der Waals surface area contributed by atoms with Crippen molar-refractivity contribution < 1.29 is 30.0 Å². The molecule has 0 bridgehead atoms. The lowest BCUT2D eigenvalue weighted by Crippen LogP contribution is -2.52. The Balaban J connectivity index is 0.000000196. The molecule has 15 nitrogen and oxygen atoms in total. The molecule has 2 aliphatic rings. The number of aromatic amines is 1. The zero-order valence-electron chi connectivity index (χ0n) is 34.8. The molecule has 2 aliphatic heterocycles. The molecule has 4 aromatic rings. The highest BCUT2D eigenvalue weighted by atomic mass is 32.2. The van der Waals surface area contributed by atoms with Gasteiger partial charge in [0, 0.05) is 64.6 Å². The van der Waals surface area contributed by atoms with Gasteiger partial charge in [-0.25, -0.2) is 45.0 Å². The molecule has 326 valence electrons. The summed E-state index contributed by atoms with van der Waals surface area (Å²) in [5.74, 6) is 0.769. The maximum absolute atomic E-state index is 12.3. The van der Waals surface area contributed by atoms with Crippen molar-refractivity contribution in [1.82, 2.24) is 39.3 Å². The van der Waals surface area contributed by atoms with Crippen molar-refractivity contribution in [2.45, 2.75) is 80.4 Å². The molecule has 2 fully saturated rings. The minimum absolute atomic E-state index is 0.303. The molecule has 0 amide bonds. The fourth-order valence-electron chi connectivity index (χ4n) is 6.19. The molecule has 3 aromatic carbocycles. The van der Waals surface area contributed by atoms with E-state index < -0.39 is 30.1 Å². The van der Waals surface area contributed by atoms with Crippen molar-refractivity contribution >= 4 is 30.1 Å². The van der Waals surface area contributed by atoms with Crippen LogP contribution in [-0.2, 0) is 60.5 Å². The number of imidazole rings is 1. The van der Waals surface area contributed by atoms with Crippen molar-refractivity contribution in [3.63, 3.8) is 0 Å². The number of nitrogens with zero attached hydrogens (tertiary/aromatic N) is 4. The van der Waals surface area contributed by atoms with Crippen LogP contribution in [0.3, 0.4) is 0 Å². The van der Waals surface area contributed by atoms with Crippen LogP contribution in [0.2, 0.25) is 0 Å². The monoisotopic (exact) mass is 874 g/mol. The second-order valence-corrected chi connectivity index (χ2v) is 19.5. The molecule has 59 heavy (non-hydrogen) atoms. The predicted molar refractivity (Wildman–Crippen MR) is 231 cm³/mol. The Morgan fingerprint density at radius 1 is 0.576 bits per heavy atom. The van der Waals surface area contributed by atoms with Crippen molar-refractivity contribution in [3.05, 3.63) is 108 Å².